The van der Waals surface area contributed by atoms with Crippen LogP contribution in [0.15, 0.2) is 23.1 Å². The molecule has 150 valence electrons. The standard InChI is InChI=1S/C17H26N4O5S/c1-4-12(2)16(18)17(22)19-7-9-20(10-8-19)27(25,26)15-11-14(21(23)24)6-5-13(15)3/h5-6,11-12,16H,4,7-10,18H2,1-3H3. The van der Waals surface area contributed by atoms with Crippen LogP contribution in [0.2, 0.25) is 0 Å². The Labute approximate surface area is 159 Å². The number of carbonyl (C=O) groups excluding carboxylic acids is 1. The lowest BCUT2D eigenvalue weighted by molar-refractivity contribution is -0.385. The van der Waals surface area contributed by atoms with Gasteiger partial charge in [-0.25, -0.2) is 8.42 Å². The maximum Gasteiger partial charge on any atom is 0.270 e. The van der Waals surface area contributed by atoms with Crippen molar-refractivity contribution in [1.29, 1.82) is 0 Å². The van der Waals surface area contributed by atoms with Crippen LogP contribution in [0.5, 0.6) is 0 Å². The van der Waals surface area contributed by atoms with Gasteiger partial charge in [-0.3, -0.25) is 14.9 Å². The molecule has 2 N–H and O–H groups in total. The van der Waals surface area contributed by atoms with Crippen LogP contribution < -0.4 is 5.73 Å². The summed E-state index contributed by atoms with van der Waals surface area (Å²) in [4.78, 5) is 24.3. The van der Waals surface area contributed by atoms with Gasteiger partial charge in [0.15, 0.2) is 0 Å². The lowest BCUT2D eigenvalue weighted by Crippen LogP contribution is -2.55. The first-order valence-electron chi connectivity index (χ1n) is 8.89. The van der Waals surface area contributed by atoms with Gasteiger partial charge in [-0.05, 0) is 18.4 Å². The van der Waals surface area contributed by atoms with Crippen LogP contribution in [0, 0.1) is 23.0 Å². The average Bonchev–Trinajstić information content (AvgIpc) is 2.66. The van der Waals surface area contributed by atoms with Crippen molar-refractivity contribution in [2.24, 2.45) is 11.7 Å². The number of sulfonamides is 1. The average molecular weight is 398 g/mol. The molecule has 0 aromatic heterocycles. The van der Waals surface area contributed by atoms with Gasteiger partial charge in [-0.1, -0.05) is 26.3 Å². The van der Waals surface area contributed by atoms with E-state index in [1.54, 1.807) is 11.8 Å². The monoisotopic (exact) mass is 398 g/mol. The predicted octanol–water partition coefficient (Wildman–Crippen LogP) is 1.11. The second kappa shape index (κ2) is 8.32. The summed E-state index contributed by atoms with van der Waals surface area (Å²) in [6, 6.07) is 3.19. The molecule has 1 amide bonds. The number of rotatable bonds is 6. The van der Waals surface area contributed by atoms with Crippen molar-refractivity contribution in [3.05, 3.63) is 33.9 Å². The summed E-state index contributed by atoms with van der Waals surface area (Å²) in [5, 5.41) is 11.0. The molecule has 1 aromatic rings. The van der Waals surface area contributed by atoms with Crippen LogP contribution in [0.1, 0.15) is 25.8 Å². The highest BCUT2D eigenvalue weighted by molar-refractivity contribution is 7.89. The maximum absolute atomic E-state index is 12.9. The lowest BCUT2D eigenvalue weighted by atomic mass is 9.99. The third-order valence-electron chi connectivity index (χ3n) is 5.09. The van der Waals surface area contributed by atoms with Crippen LogP contribution in [-0.4, -0.2) is 60.7 Å². The minimum Gasteiger partial charge on any atom is -0.339 e. The van der Waals surface area contributed by atoms with Crippen molar-refractivity contribution >= 4 is 21.6 Å². The molecule has 2 atom stereocenters. The van der Waals surface area contributed by atoms with Gasteiger partial charge in [0.25, 0.3) is 5.69 Å². The third-order valence-corrected chi connectivity index (χ3v) is 7.13. The summed E-state index contributed by atoms with van der Waals surface area (Å²) in [6.07, 6.45) is 0.785. The van der Waals surface area contributed by atoms with Gasteiger partial charge in [-0.15, -0.1) is 0 Å². The third kappa shape index (κ3) is 4.45. The largest absolute Gasteiger partial charge is 0.339 e. The highest BCUT2D eigenvalue weighted by Gasteiger charge is 2.34. The minimum absolute atomic E-state index is 0.0479. The molecule has 2 rings (SSSR count). The quantitative estimate of drug-likeness (QED) is 0.565. The Bertz CT molecular complexity index is 819. The second-order valence-electron chi connectivity index (χ2n) is 6.85. The molecular weight excluding hydrogens is 372 g/mol. The highest BCUT2D eigenvalue weighted by Crippen LogP contribution is 2.25. The van der Waals surface area contributed by atoms with Crippen LogP contribution in [0.3, 0.4) is 0 Å². The first kappa shape index (κ1) is 21.3. The van der Waals surface area contributed by atoms with Gasteiger partial charge >= 0.3 is 0 Å². The molecule has 1 saturated heterocycles. The smallest absolute Gasteiger partial charge is 0.270 e. The van der Waals surface area contributed by atoms with Crippen LogP contribution in [0.4, 0.5) is 5.69 Å². The molecule has 10 heteroatoms. The number of carbonyl (C=O) groups is 1. The van der Waals surface area contributed by atoms with Crippen molar-refractivity contribution < 1.29 is 18.1 Å². The van der Waals surface area contributed by atoms with Crippen molar-refractivity contribution in [1.82, 2.24) is 9.21 Å². The van der Waals surface area contributed by atoms with E-state index < -0.39 is 21.0 Å². The first-order valence-corrected chi connectivity index (χ1v) is 10.3. The first-order chi connectivity index (χ1) is 12.6. The fraction of sp³-hybridized carbons (Fsp3) is 0.588. The molecule has 1 aromatic carbocycles. The van der Waals surface area contributed by atoms with E-state index in [0.717, 1.165) is 12.5 Å². The Balaban J connectivity index is 2.14. The van der Waals surface area contributed by atoms with E-state index in [4.69, 9.17) is 5.73 Å². The molecule has 2 unspecified atom stereocenters. The second-order valence-corrected chi connectivity index (χ2v) is 8.75. The van der Waals surface area contributed by atoms with Gasteiger partial charge in [0.1, 0.15) is 0 Å². The number of nitro groups is 1. The summed E-state index contributed by atoms with van der Waals surface area (Å²) in [6.45, 7) is 6.22. The number of non-ortho nitro benzene ring substituents is 1. The highest BCUT2D eigenvalue weighted by atomic mass is 32.2. The molecule has 0 saturated carbocycles. The van der Waals surface area contributed by atoms with Crippen molar-refractivity contribution in [3.63, 3.8) is 0 Å². The number of piperazine rings is 1. The van der Waals surface area contributed by atoms with Crippen LogP contribution in [-0.2, 0) is 14.8 Å². The summed E-state index contributed by atoms with van der Waals surface area (Å²) in [7, 11) is -3.88. The fourth-order valence-electron chi connectivity index (χ4n) is 2.98. The number of hydrogen-bond donors (Lipinski definition) is 1. The zero-order valence-corrected chi connectivity index (χ0v) is 16.6. The van der Waals surface area contributed by atoms with Crippen molar-refractivity contribution in [2.75, 3.05) is 26.2 Å². The normalized spacial score (nSPS) is 18.1. The molecule has 9 nitrogen and oxygen atoms in total. The van der Waals surface area contributed by atoms with Crippen LogP contribution >= 0.6 is 0 Å². The van der Waals surface area contributed by atoms with Crippen molar-refractivity contribution in [2.45, 2.75) is 38.1 Å². The van der Waals surface area contributed by atoms with E-state index in [2.05, 4.69) is 0 Å². The Morgan fingerprint density at radius 1 is 1.30 bits per heavy atom. The van der Waals surface area contributed by atoms with Gasteiger partial charge < -0.3 is 10.6 Å². The van der Waals surface area contributed by atoms with E-state index in [0.29, 0.717) is 5.56 Å². The number of nitrogens with zero attached hydrogens (tertiary/aromatic N) is 3. The van der Waals surface area contributed by atoms with Gasteiger partial charge in [0, 0.05) is 38.3 Å². The van der Waals surface area contributed by atoms with E-state index in [1.165, 1.54) is 16.4 Å². The fourth-order valence-corrected chi connectivity index (χ4v) is 4.64. The van der Waals surface area contributed by atoms with Crippen molar-refractivity contribution in [3.8, 4) is 0 Å². The number of benzene rings is 1. The lowest BCUT2D eigenvalue weighted by Gasteiger charge is -2.36. The Kier molecular flexibility index (Phi) is 6.55. The number of aryl methyl sites for hydroxylation is 1. The molecule has 1 aliphatic rings. The van der Waals surface area contributed by atoms with Gasteiger partial charge in [0.2, 0.25) is 15.9 Å². The molecule has 1 aliphatic heterocycles. The van der Waals surface area contributed by atoms with Crippen LogP contribution in [0.25, 0.3) is 0 Å². The number of amides is 1. The molecule has 0 aliphatic carbocycles. The summed E-state index contributed by atoms with van der Waals surface area (Å²) >= 11 is 0. The summed E-state index contributed by atoms with van der Waals surface area (Å²) in [5.41, 5.74) is 6.16. The summed E-state index contributed by atoms with van der Waals surface area (Å²) < 4.78 is 27.1. The topological polar surface area (TPSA) is 127 Å². The molecule has 27 heavy (non-hydrogen) atoms. The molecular formula is C17H26N4O5S. The Hall–Kier alpha value is -2.04. The van der Waals surface area contributed by atoms with E-state index in [9.17, 15) is 23.3 Å². The number of nitrogens with two attached hydrogens (primary N) is 1. The Morgan fingerprint density at radius 3 is 2.41 bits per heavy atom. The predicted molar refractivity (Wildman–Crippen MR) is 101 cm³/mol. The zero-order chi connectivity index (χ0) is 20.4. The molecule has 0 spiro atoms. The molecule has 1 heterocycles. The molecule has 1 fully saturated rings. The zero-order valence-electron chi connectivity index (χ0n) is 15.8. The maximum atomic E-state index is 12.9. The summed E-state index contributed by atoms with van der Waals surface area (Å²) in [5.74, 6) is -0.125. The van der Waals surface area contributed by atoms with Gasteiger partial charge in [-0.2, -0.15) is 4.31 Å². The van der Waals surface area contributed by atoms with E-state index >= 15 is 0 Å². The number of nitro benzene ring substituents is 1. The molecule has 0 radical (unpaired) electrons. The Morgan fingerprint density at radius 2 is 1.89 bits per heavy atom. The minimum atomic E-state index is -3.88. The van der Waals surface area contributed by atoms with E-state index in [-0.39, 0.29) is 48.6 Å². The van der Waals surface area contributed by atoms with E-state index in [1.807, 2.05) is 13.8 Å². The SMILES string of the molecule is CCC(C)C(N)C(=O)N1CCN(S(=O)(=O)c2cc([N+](=O)[O-])ccc2C)CC1. The molecule has 0 bridgehead atoms. The van der Waals surface area contributed by atoms with Gasteiger partial charge in [0.05, 0.1) is 15.9 Å². The number of hydrogen-bond acceptors (Lipinski definition) is 6.